The van der Waals surface area contributed by atoms with E-state index in [0.29, 0.717) is 5.56 Å². The molecule has 0 saturated heterocycles. The third-order valence-corrected chi connectivity index (χ3v) is 4.10. The Kier molecular flexibility index (Phi) is 3.71. The molecule has 0 atom stereocenters. The molecule has 3 aromatic rings. The van der Waals surface area contributed by atoms with Crippen LogP contribution in [0.15, 0.2) is 47.8 Å². The minimum Gasteiger partial charge on any atom is -0.331 e. The van der Waals surface area contributed by atoms with Crippen LogP contribution in [0.4, 0.5) is 15.2 Å². The van der Waals surface area contributed by atoms with Crippen LogP contribution in [0.25, 0.3) is 11.3 Å². The summed E-state index contributed by atoms with van der Waals surface area (Å²) < 4.78 is 13.3. The van der Waals surface area contributed by atoms with Crippen LogP contribution in [0.2, 0.25) is 0 Å². The van der Waals surface area contributed by atoms with Gasteiger partial charge in [0.2, 0.25) is 0 Å². The lowest BCUT2D eigenvalue weighted by Gasteiger charge is -2.05. The van der Waals surface area contributed by atoms with Crippen molar-refractivity contribution in [2.45, 2.75) is 13.8 Å². The van der Waals surface area contributed by atoms with Crippen LogP contribution < -0.4 is 5.32 Å². The Morgan fingerprint density at radius 1 is 1.05 bits per heavy atom. The van der Waals surface area contributed by atoms with Gasteiger partial charge in [0.1, 0.15) is 5.82 Å². The zero-order valence-electron chi connectivity index (χ0n) is 11.9. The average molecular weight is 298 g/mol. The molecule has 0 radical (unpaired) electrons. The van der Waals surface area contributed by atoms with Crippen LogP contribution in [0.3, 0.4) is 0 Å². The van der Waals surface area contributed by atoms with Gasteiger partial charge in [-0.1, -0.05) is 18.2 Å². The third-order valence-electron chi connectivity index (χ3n) is 3.34. The number of hydrogen-bond acceptors (Lipinski definition) is 3. The van der Waals surface area contributed by atoms with E-state index in [9.17, 15) is 4.39 Å². The highest BCUT2D eigenvalue weighted by Crippen LogP contribution is 2.28. The van der Waals surface area contributed by atoms with Gasteiger partial charge in [-0.15, -0.1) is 11.3 Å². The Balaban J connectivity index is 1.86. The molecule has 1 N–H and O–H groups in total. The van der Waals surface area contributed by atoms with E-state index in [-0.39, 0.29) is 5.82 Å². The first-order valence-corrected chi connectivity index (χ1v) is 7.56. The van der Waals surface area contributed by atoms with E-state index in [1.54, 1.807) is 24.3 Å². The van der Waals surface area contributed by atoms with Gasteiger partial charge in [-0.2, -0.15) is 0 Å². The Morgan fingerprint density at radius 2 is 1.86 bits per heavy atom. The van der Waals surface area contributed by atoms with Crippen molar-refractivity contribution in [1.82, 2.24) is 4.98 Å². The monoisotopic (exact) mass is 298 g/mol. The molecule has 0 bridgehead atoms. The number of benzene rings is 2. The lowest BCUT2D eigenvalue weighted by atomic mass is 10.1. The highest BCUT2D eigenvalue weighted by atomic mass is 32.1. The van der Waals surface area contributed by atoms with Gasteiger partial charge in [0.25, 0.3) is 0 Å². The van der Waals surface area contributed by atoms with E-state index in [4.69, 9.17) is 0 Å². The van der Waals surface area contributed by atoms with Crippen LogP contribution in [0, 0.1) is 19.7 Å². The molecule has 0 aliphatic heterocycles. The second kappa shape index (κ2) is 5.66. The lowest BCUT2D eigenvalue weighted by molar-refractivity contribution is 0.619. The summed E-state index contributed by atoms with van der Waals surface area (Å²) in [5.41, 5.74) is 4.65. The summed E-state index contributed by atoms with van der Waals surface area (Å²) in [5.74, 6) is -0.188. The normalized spacial score (nSPS) is 10.6. The summed E-state index contributed by atoms with van der Waals surface area (Å²) >= 11 is 1.54. The second-order valence-corrected chi connectivity index (χ2v) is 5.80. The quantitative estimate of drug-likeness (QED) is 0.709. The van der Waals surface area contributed by atoms with E-state index in [0.717, 1.165) is 22.1 Å². The van der Waals surface area contributed by atoms with E-state index in [1.807, 2.05) is 29.6 Å². The fraction of sp³-hybridized carbons (Fsp3) is 0.118. The molecule has 106 valence electrons. The summed E-state index contributed by atoms with van der Waals surface area (Å²) in [5, 5.41) is 6.14. The number of para-hydroxylation sites is 1. The molecular formula is C17H15FN2S. The second-order valence-electron chi connectivity index (χ2n) is 4.94. The van der Waals surface area contributed by atoms with E-state index in [1.165, 1.54) is 11.6 Å². The Morgan fingerprint density at radius 3 is 2.62 bits per heavy atom. The summed E-state index contributed by atoms with van der Waals surface area (Å²) in [4.78, 5) is 4.57. The van der Waals surface area contributed by atoms with Crippen molar-refractivity contribution in [3.8, 4) is 11.3 Å². The van der Waals surface area contributed by atoms with Gasteiger partial charge < -0.3 is 5.32 Å². The molecule has 0 saturated carbocycles. The molecule has 2 nitrogen and oxygen atoms in total. The number of nitrogens with zero attached hydrogens (tertiary/aromatic N) is 1. The maximum atomic E-state index is 13.3. The minimum absolute atomic E-state index is 0.188. The number of aryl methyl sites for hydroxylation is 2. The molecule has 0 aliphatic carbocycles. The maximum Gasteiger partial charge on any atom is 0.187 e. The number of rotatable bonds is 3. The highest BCUT2D eigenvalue weighted by molar-refractivity contribution is 7.14. The van der Waals surface area contributed by atoms with Crippen LogP contribution in [-0.4, -0.2) is 4.98 Å². The fourth-order valence-corrected chi connectivity index (χ4v) is 2.83. The summed E-state index contributed by atoms with van der Waals surface area (Å²) in [7, 11) is 0. The van der Waals surface area contributed by atoms with Crippen LogP contribution in [0.1, 0.15) is 11.1 Å². The van der Waals surface area contributed by atoms with Crippen molar-refractivity contribution < 1.29 is 4.39 Å². The third kappa shape index (κ3) is 2.95. The van der Waals surface area contributed by atoms with Gasteiger partial charge >= 0.3 is 0 Å². The smallest absolute Gasteiger partial charge is 0.187 e. The van der Waals surface area contributed by atoms with Gasteiger partial charge in [-0.3, -0.25) is 0 Å². The van der Waals surface area contributed by atoms with Crippen LogP contribution >= 0.6 is 11.3 Å². The van der Waals surface area contributed by atoms with E-state index in [2.05, 4.69) is 23.3 Å². The van der Waals surface area contributed by atoms with E-state index < -0.39 is 0 Å². The van der Waals surface area contributed by atoms with Crippen LogP contribution in [-0.2, 0) is 0 Å². The van der Waals surface area contributed by atoms with Crippen molar-refractivity contribution >= 4 is 22.2 Å². The number of nitrogens with one attached hydrogen (secondary N) is 1. The molecule has 4 heteroatoms. The van der Waals surface area contributed by atoms with Crippen molar-refractivity contribution in [2.75, 3.05) is 5.32 Å². The van der Waals surface area contributed by atoms with Gasteiger partial charge in [0, 0.05) is 16.6 Å². The zero-order chi connectivity index (χ0) is 14.8. The van der Waals surface area contributed by atoms with Crippen molar-refractivity contribution in [2.24, 2.45) is 0 Å². The molecular weight excluding hydrogens is 283 g/mol. The van der Waals surface area contributed by atoms with Gasteiger partial charge in [0.05, 0.1) is 5.69 Å². The number of aromatic nitrogens is 1. The zero-order valence-corrected chi connectivity index (χ0v) is 12.7. The largest absolute Gasteiger partial charge is 0.331 e. The first-order chi connectivity index (χ1) is 10.1. The van der Waals surface area contributed by atoms with Gasteiger partial charge in [0.15, 0.2) is 5.13 Å². The standard InChI is InChI=1S/C17H15FN2S/c1-11-5-3-4-6-15(11)19-17-20-16(10-21-17)13-7-8-14(18)12(2)9-13/h3-10H,1-2H3,(H,19,20). The molecule has 0 fully saturated rings. The number of anilines is 2. The Hall–Kier alpha value is -2.20. The van der Waals surface area contributed by atoms with Crippen LogP contribution in [0.5, 0.6) is 0 Å². The summed E-state index contributed by atoms with van der Waals surface area (Å²) in [6.07, 6.45) is 0. The van der Waals surface area contributed by atoms with Gasteiger partial charge in [-0.25, -0.2) is 9.37 Å². The molecule has 0 unspecified atom stereocenters. The van der Waals surface area contributed by atoms with Crippen molar-refractivity contribution in [3.63, 3.8) is 0 Å². The summed E-state index contributed by atoms with van der Waals surface area (Å²) in [6.45, 7) is 3.82. The minimum atomic E-state index is -0.188. The Labute approximate surface area is 127 Å². The molecule has 0 amide bonds. The average Bonchev–Trinajstić information content (AvgIpc) is 2.93. The predicted molar refractivity (Wildman–Crippen MR) is 86.7 cm³/mol. The first-order valence-electron chi connectivity index (χ1n) is 6.68. The fourth-order valence-electron chi connectivity index (χ4n) is 2.10. The molecule has 3 rings (SSSR count). The summed E-state index contributed by atoms with van der Waals surface area (Å²) in [6, 6.07) is 13.1. The first kappa shape index (κ1) is 13.8. The highest BCUT2D eigenvalue weighted by Gasteiger charge is 2.07. The molecule has 0 aliphatic rings. The van der Waals surface area contributed by atoms with Crippen molar-refractivity contribution in [1.29, 1.82) is 0 Å². The molecule has 0 spiro atoms. The Bertz CT molecular complexity index is 780. The number of thiazole rings is 1. The van der Waals surface area contributed by atoms with Crippen molar-refractivity contribution in [3.05, 3.63) is 64.8 Å². The van der Waals surface area contributed by atoms with E-state index >= 15 is 0 Å². The molecule has 21 heavy (non-hydrogen) atoms. The molecule has 1 aromatic heterocycles. The van der Waals surface area contributed by atoms with Gasteiger partial charge in [-0.05, 0) is 49.2 Å². The maximum absolute atomic E-state index is 13.3. The topological polar surface area (TPSA) is 24.9 Å². The SMILES string of the molecule is Cc1cc(-c2csc(Nc3ccccc3C)n2)ccc1F. The number of halogens is 1. The molecule has 1 heterocycles. The molecule has 2 aromatic carbocycles. The predicted octanol–water partition coefficient (Wildman–Crippen LogP) is 5.31. The number of hydrogen-bond donors (Lipinski definition) is 1. The lowest BCUT2D eigenvalue weighted by Crippen LogP contribution is -1.92.